The number of amides is 1. The van der Waals surface area contributed by atoms with Crippen LogP contribution in [0.5, 0.6) is 0 Å². The molecule has 1 N–H and O–H groups in total. The van der Waals surface area contributed by atoms with Gasteiger partial charge < -0.3 is 14.6 Å². The highest BCUT2D eigenvalue weighted by Gasteiger charge is 2.18. The van der Waals surface area contributed by atoms with Crippen LogP contribution >= 0.6 is 11.6 Å². The fourth-order valence-electron chi connectivity index (χ4n) is 3.42. The second-order valence-corrected chi connectivity index (χ2v) is 7.07. The fraction of sp³-hybridized carbons (Fsp3) is 0.238. The predicted octanol–water partition coefficient (Wildman–Crippen LogP) is 4.69. The number of carbonyl (C=O) groups excluding carboxylic acids is 1. The Morgan fingerprint density at radius 3 is 2.63 bits per heavy atom. The third-order valence-electron chi connectivity index (χ3n) is 4.76. The summed E-state index contributed by atoms with van der Waals surface area (Å²) in [5, 5.41) is 3.84. The highest BCUT2D eigenvalue weighted by atomic mass is 35.5. The van der Waals surface area contributed by atoms with Gasteiger partial charge in [0.05, 0.1) is 16.8 Å². The molecular weight excluding hydrogens is 364 g/mol. The van der Waals surface area contributed by atoms with Gasteiger partial charge in [-0.2, -0.15) is 0 Å². The van der Waals surface area contributed by atoms with Crippen molar-refractivity contribution in [2.24, 2.45) is 0 Å². The van der Waals surface area contributed by atoms with Gasteiger partial charge in [0.2, 0.25) is 0 Å². The number of anilines is 2. The molecule has 1 amide bonds. The van der Waals surface area contributed by atoms with Gasteiger partial charge in [-0.3, -0.25) is 9.59 Å². The molecule has 1 fully saturated rings. The number of carbonyl (C=O) groups is 1. The van der Waals surface area contributed by atoms with E-state index in [0.29, 0.717) is 21.7 Å². The summed E-state index contributed by atoms with van der Waals surface area (Å²) in [7, 11) is 0. The van der Waals surface area contributed by atoms with Crippen LogP contribution in [-0.4, -0.2) is 19.0 Å². The van der Waals surface area contributed by atoms with Crippen LogP contribution in [0, 0.1) is 0 Å². The molecule has 0 bridgehead atoms. The van der Waals surface area contributed by atoms with Crippen LogP contribution in [0.3, 0.4) is 0 Å². The van der Waals surface area contributed by atoms with E-state index in [1.54, 1.807) is 30.3 Å². The number of para-hydroxylation sites is 1. The summed E-state index contributed by atoms with van der Waals surface area (Å²) in [4.78, 5) is 27.2. The minimum atomic E-state index is -0.474. The maximum absolute atomic E-state index is 12.8. The van der Waals surface area contributed by atoms with Gasteiger partial charge in [0.25, 0.3) is 5.91 Å². The summed E-state index contributed by atoms with van der Waals surface area (Å²) in [5.74, 6) is -0.498. The van der Waals surface area contributed by atoms with Gasteiger partial charge in [0.15, 0.2) is 11.2 Å². The second kappa shape index (κ2) is 7.45. The molecule has 1 aromatic heterocycles. The van der Waals surface area contributed by atoms with Crippen molar-refractivity contribution in [3.63, 3.8) is 0 Å². The normalized spacial score (nSPS) is 14.3. The Kier molecular flexibility index (Phi) is 4.86. The molecule has 0 saturated carbocycles. The minimum Gasteiger partial charge on any atom is -0.451 e. The van der Waals surface area contributed by atoms with Crippen LogP contribution in [0.25, 0.3) is 11.0 Å². The largest absolute Gasteiger partial charge is 0.451 e. The van der Waals surface area contributed by atoms with Crippen molar-refractivity contribution < 1.29 is 9.21 Å². The summed E-state index contributed by atoms with van der Waals surface area (Å²) in [5.41, 5.74) is 1.68. The highest BCUT2D eigenvalue weighted by Crippen LogP contribution is 2.31. The average Bonchev–Trinajstić information content (AvgIpc) is 2.69. The molecular formula is C21H19ClN2O3. The first kappa shape index (κ1) is 17.6. The Morgan fingerprint density at radius 2 is 1.81 bits per heavy atom. The third kappa shape index (κ3) is 3.69. The number of hydrogen-bond donors (Lipinski definition) is 1. The van der Waals surface area contributed by atoms with Crippen molar-refractivity contribution in [2.45, 2.75) is 19.3 Å². The number of rotatable bonds is 3. The van der Waals surface area contributed by atoms with E-state index in [0.717, 1.165) is 31.6 Å². The molecule has 4 rings (SSSR count). The van der Waals surface area contributed by atoms with E-state index in [1.165, 1.54) is 12.5 Å². The minimum absolute atomic E-state index is 0.0248. The van der Waals surface area contributed by atoms with Gasteiger partial charge in [-0.15, -0.1) is 0 Å². The number of nitrogens with zero attached hydrogens (tertiary/aromatic N) is 1. The lowest BCUT2D eigenvalue weighted by molar-refractivity contribution is 0.0997. The van der Waals surface area contributed by atoms with E-state index < -0.39 is 5.91 Å². The molecule has 0 radical (unpaired) electrons. The lowest BCUT2D eigenvalue weighted by Gasteiger charge is -2.30. The maximum Gasteiger partial charge on any atom is 0.291 e. The van der Waals surface area contributed by atoms with E-state index in [1.807, 2.05) is 12.1 Å². The Morgan fingerprint density at radius 1 is 1.04 bits per heavy atom. The molecule has 138 valence electrons. The monoisotopic (exact) mass is 382 g/mol. The summed E-state index contributed by atoms with van der Waals surface area (Å²) in [6.45, 7) is 1.88. The quantitative estimate of drug-likeness (QED) is 0.713. The van der Waals surface area contributed by atoms with Crippen LogP contribution in [-0.2, 0) is 0 Å². The lowest BCUT2D eigenvalue weighted by atomic mass is 10.1. The number of hydrogen-bond acceptors (Lipinski definition) is 4. The van der Waals surface area contributed by atoms with Crippen LogP contribution in [0.4, 0.5) is 11.4 Å². The van der Waals surface area contributed by atoms with Gasteiger partial charge in [0.1, 0.15) is 5.58 Å². The standard InChI is InChI=1S/C21H19ClN2O3/c22-14-8-9-17(24-10-4-1-5-11-24)16(12-14)23-21(26)20-13-18(25)15-6-2-3-7-19(15)27-20/h2-3,6-9,12-13H,1,4-5,10-11H2,(H,23,26). The molecule has 0 atom stereocenters. The molecule has 1 saturated heterocycles. The molecule has 0 aliphatic carbocycles. The number of nitrogens with one attached hydrogen (secondary N) is 1. The van der Waals surface area contributed by atoms with Gasteiger partial charge in [-0.1, -0.05) is 23.7 Å². The first-order valence-electron chi connectivity index (χ1n) is 9.00. The summed E-state index contributed by atoms with van der Waals surface area (Å²) >= 11 is 6.15. The molecule has 2 heterocycles. The topological polar surface area (TPSA) is 62.6 Å². The van der Waals surface area contributed by atoms with Crippen LogP contribution in [0.15, 0.2) is 57.7 Å². The van der Waals surface area contributed by atoms with Gasteiger partial charge >= 0.3 is 0 Å². The van der Waals surface area contributed by atoms with Crippen molar-refractivity contribution in [3.8, 4) is 0 Å². The first-order chi connectivity index (χ1) is 13.1. The second-order valence-electron chi connectivity index (χ2n) is 6.63. The molecule has 3 aromatic rings. The molecule has 6 heteroatoms. The van der Waals surface area contributed by atoms with Crippen molar-refractivity contribution in [2.75, 3.05) is 23.3 Å². The Hall–Kier alpha value is -2.79. The number of piperidine rings is 1. The zero-order valence-electron chi connectivity index (χ0n) is 14.7. The fourth-order valence-corrected chi connectivity index (χ4v) is 3.59. The molecule has 1 aliphatic rings. The third-order valence-corrected chi connectivity index (χ3v) is 5.00. The van der Waals surface area contributed by atoms with E-state index >= 15 is 0 Å². The Labute approximate surface area is 161 Å². The van der Waals surface area contributed by atoms with Crippen LogP contribution in [0.1, 0.15) is 29.8 Å². The number of halogens is 1. The predicted molar refractivity (Wildman–Crippen MR) is 108 cm³/mol. The van der Waals surface area contributed by atoms with Crippen molar-refractivity contribution >= 4 is 39.9 Å². The van der Waals surface area contributed by atoms with Crippen molar-refractivity contribution in [1.82, 2.24) is 0 Å². The summed E-state index contributed by atoms with van der Waals surface area (Å²) in [6, 6.07) is 13.6. The zero-order valence-corrected chi connectivity index (χ0v) is 15.5. The molecule has 5 nitrogen and oxygen atoms in total. The smallest absolute Gasteiger partial charge is 0.291 e. The molecule has 2 aromatic carbocycles. The van der Waals surface area contributed by atoms with E-state index in [9.17, 15) is 9.59 Å². The van der Waals surface area contributed by atoms with Gasteiger partial charge in [-0.05, 0) is 49.6 Å². The first-order valence-corrected chi connectivity index (χ1v) is 9.38. The number of fused-ring (bicyclic) bond motifs is 1. The van der Waals surface area contributed by atoms with E-state index in [4.69, 9.17) is 16.0 Å². The summed E-state index contributed by atoms with van der Waals surface area (Å²) < 4.78 is 5.63. The lowest BCUT2D eigenvalue weighted by Crippen LogP contribution is -2.30. The molecule has 0 spiro atoms. The Bertz CT molecular complexity index is 1050. The van der Waals surface area contributed by atoms with Crippen molar-refractivity contribution in [1.29, 1.82) is 0 Å². The van der Waals surface area contributed by atoms with Crippen molar-refractivity contribution in [3.05, 3.63) is 69.5 Å². The number of benzene rings is 2. The SMILES string of the molecule is O=C(Nc1cc(Cl)ccc1N1CCCCC1)c1cc(=O)c2ccccc2o1. The van der Waals surface area contributed by atoms with Gasteiger partial charge in [-0.25, -0.2) is 0 Å². The van der Waals surface area contributed by atoms with E-state index in [2.05, 4.69) is 10.2 Å². The Balaban J connectivity index is 1.67. The van der Waals surface area contributed by atoms with Crippen LogP contribution in [0.2, 0.25) is 5.02 Å². The highest BCUT2D eigenvalue weighted by molar-refractivity contribution is 6.31. The van der Waals surface area contributed by atoms with Gasteiger partial charge in [0, 0.05) is 24.2 Å². The van der Waals surface area contributed by atoms with E-state index in [-0.39, 0.29) is 11.2 Å². The van der Waals surface area contributed by atoms with Crippen LogP contribution < -0.4 is 15.6 Å². The molecule has 0 unspecified atom stereocenters. The molecule has 27 heavy (non-hydrogen) atoms. The average molecular weight is 383 g/mol. The maximum atomic E-state index is 12.8. The zero-order chi connectivity index (χ0) is 18.8. The molecule has 1 aliphatic heterocycles. The summed E-state index contributed by atoms with van der Waals surface area (Å²) in [6.07, 6.45) is 3.46.